The number of ether oxygens (including phenoxy) is 2. The van der Waals surface area contributed by atoms with Gasteiger partial charge in [-0.25, -0.2) is 9.55 Å². The Kier molecular flexibility index (Phi) is 7.35. The highest BCUT2D eigenvalue weighted by Crippen LogP contribution is 2.47. The number of methoxy groups -OCH3 is 1. The molecule has 14 nitrogen and oxygen atoms in total. The van der Waals surface area contributed by atoms with Gasteiger partial charge in [-0.3, -0.25) is 18.4 Å². The van der Waals surface area contributed by atoms with Gasteiger partial charge in [-0.05, 0) is 11.8 Å². The molecule has 2 aliphatic rings. The molecule has 0 spiro atoms. The zero-order valence-corrected chi connectivity index (χ0v) is 18.8. The molecule has 1 aromatic heterocycles. The molecule has 0 aliphatic carbocycles. The predicted molar refractivity (Wildman–Crippen MR) is 108 cm³/mol. The fourth-order valence-corrected chi connectivity index (χ4v) is 4.57. The molecule has 17 heteroatoms. The summed E-state index contributed by atoms with van der Waals surface area (Å²) in [6.07, 6.45) is -1.60. The number of aromatic nitrogens is 2. The Morgan fingerprint density at radius 1 is 1.42 bits per heavy atom. The van der Waals surface area contributed by atoms with Crippen LogP contribution in [0.15, 0.2) is 19.0 Å². The first-order valence-corrected chi connectivity index (χ1v) is 12.9. The summed E-state index contributed by atoms with van der Waals surface area (Å²) < 4.78 is 33.4. The second-order valence-electron chi connectivity index (χ2n) is 6.61. The summed E-state index contributed by atoms with van der Waals surface area (Å²) in [7, 11) is -3.55. The number of carbonyl (C=O) groups is 1. The molecule has 0 bridgehead atoms. The Morgan fingerprint density at radius 3 is 2.71 bits per heavy atom. The van der Waals surface area contributed by atoms with Crippen molar-refractivity contribution in [2.24, 2.45) is 0 Å². The van der Waals surface area contributed by atoms with E-state index in [0.29, 0.717) is 12.4 Å². The molecule has 4 atom stereocenters. The van der Waals surface area contributed by atoms with Gasteiger partial charge in [0.05, 0.1) is 19.6 Å². The van der Waals surface area contributed by atoms with Crippen LogP contribution in [-0.2, 0) is 34.9 Å². The van der Waals surface area contributed by atoms with Crippen LogP contribution >= 0.6 is 14.5 Å². The van der Waals surface area contributed by atoms with Crippen molar-refractivity contribution in [2.45, 2.75) is 24.5 Å². The summed E-state index contributed by atoms with van der Waals surface area (Å²) in [6, 6.07) is 0. The van der Waals surface area contributed by atoms with E-state index in [1.807, 2.05) is 0 Å². The van der Waals surface area contributed by atoms with Crippen LogP contribution in [0.1, 0.15) is 16.7 Å². The predicted octanol–water partition coefficient (Wildman–Crippen LogP) is -0.490. The van der Waals surface area contributed by atoms with Crippen LogP contribution < -0.4 is 5.32 Å². The van der Waals surface area contributed by atoms with E-state index in [1.165, 1.54) is 22.9 Å². The fraction of sp³-hybridized carbons (Fsp3) is 0.571. The quantitative estimate of drug-likeness (QED) is 0.216. The third-order valence-corrected chi connectivity index (χ3v) is 5.83. The largest absolute Gasteiger partial charge is 0.469 e. The SMILES string of the molecule is C=CCN1CNc2c(ncn2[C@@H]2O[C@H](COP(=O)(O)O)[C@@H](OP(O)(O)=S)[C@H]2OC)C1=O. The van der Waals surface area contributed by atoms with Gasteiger partial charge >= 0.3 is 14.5 Å². The molecule has 0 aromatic carbocycles. The van der Waals surface area contributed by atoms with Gasteiger partial charge in [0.15, 0.2) is 11.9 Å². The number of hydrogen-bond acceptors (Lipinski definition) is 9. The number of fused-ring (bicyclic) bond motifs is 1. The van der Waals surface area contributed by atoms with E-state index in [1.54, 1.807) is 6.08 Å². The van der Waals surface area contributed by atoms with Crippen LogP contribution in [0.3, 0.4) is 0 Å². The van der Waals surface area contributed by atoms with Gasteiger partial charge in [-0.15, -0.1) is 6.58 Å². The number of anilines is 1. The number of hydrogen-bond donors (Lipinski definition) is 5. The van der Waals surface area contributed by atoms with Crippen LogP contribution in [0, 0.1) is 0 Å². The first-order chi connectivity index (χ1) is 14.4. The minimum absolute atomic E-state index is 0.119. The van der Waals surface area contributed by atoms with Crippen LogP contribution in [0.5, 0.6) is 0 Å². The highest BCUT2D eigenvalue weighted by Gasteiger charge is 2.50. The summed E-state index contributed by atoms with van der Waals surface area (Å²) in [5, 5.41) is 3.05. The van der Waals surface area contributed by atoms with Crippen LogP contribution in [0.4, 0.5) is 5.82 Å². The van der Waals surface area contributed by atoms with Crippen molar-refractivity contribution in [3.05, 3.63) is 24.7 Å². The van der Waals surface area contributed by atoms with E-state index in [-0.39, 0.29) is 18.3 Å². The molecule has 1 fully saturated rings. The van der Waals surface area contributed by atoms with Gasteiger partial charge in [-0.2, -0.15) is 0 Å². The topological polar surface area (TPSA) is 185 Å². The Morgan fingerprint density at radius 2 is 2.13 bits per heavy atom. The zero-order valence-electron chi connectivity index (χ0n) is 16.2. The molecule has 3 heterocycles. The minimum Gasteiger partial charge on any atom is -0.374 e. The molecule has 3 rings (SSSR count). The monoisotopic (exact) mass is 500 g/mol. The number of phosphoric ester groups is 1. The first-order valence-electron chi connectivity index (χ1n) is 8.78. The maximum Gasteiger partial charge on any atom is 0.469 e. The summed E-state index contributed by atoms with van der Waals surface area (Å²) >= 11 is 4.53. The second-order valence-corrected chi connectivity index (χ2v) is 10.5. The zero-order chi connectivity index (χ0) is 23.0. The van der Waals surface area contributed by atoms with Crippen LogP contribution in [0.2, 0.25) is 0 Å². The van der Waals surface area contributed by atoms with Crippen LogP contribution in [0.25, 0.3) is 0 Å². The van der Waals surface area contributed by atoms with Gasteiger partial charge in [0.25, 0.3) is 5.91 Å². The van der Waals surface area contributed by atoms with Gasteiger partial charge in [0, 0.05) is 13.7 Å². The van der Waals surface area contributed by atoms with E-state index in [2.05, 4.69) is 33.2 Å². The van der Waals surface area contributed by atoms with E-state index >= 15 is 0 Å². The molecule has 1 aromatic rings. The summed E-state index contributed by atoms with van der Waals surface area (Å²) in [6.45, 7) is -0.772. The number of rotatable bonds is 9. The number of carbonyl (C=O) groups excluding carboxylic acids is 1. The molecular weight excluding hydrogens is 478 g/mol. The van der Waals surface area contributed by atoms with E-state index < -0.39 is 45.7 Å². The van der Waals surface area contributed by atoms with Gasteiger partial charge in [0.2, 0.25) is 0 Å². The number of imidazole rings is 1. The lowest BCUT2D eigenvalue weighted by Crippen LogP contribution is -2.41. The van der Waals surface area contributed by atoms with Crippen molar-refractivity contribution in [3.63, 3.8) is 0 Å². The fourth-order valence-electron chi connectivity index (χ4n) is 3.35. The number of phosphoric acid groups is 1. The molecule has 1 saturated heterocycles. The van der Waals surface area contributed by atoms with Crippen molar-refractivity contribution in [3.8, 4) is 0 Å². The molecule has 2 aliphatic heterocycles. The Balaban J connectivity index is 1.91. The minimum atomic E-state index is -4.85. The summed E-state index contributed by atoms with van der Waals surface area (Å²) in [5.74, 6) is -0.0186. The standard InChI is InChI=1S/C14H22N4O10P2S/c1-3-4-17-6-16-12-9(13(17)19)15-7-18(12)14-11(25-2)10(28-30(23,24)31)8(27-14)5-26-29(20,21)22/h3,7-8,10-11,14,16H,1,4-6H2,2H3,(H2,20,21,22)(H2,23,24,31)/t8-,10-,11-,14-/m1/s1. The molecule has 1 amide bonds. The Bertz CT molecular complexity index is 932. The molecule has 31 heavy (non-hydrogen) atoms. The second kappa shape index (κ2) is 9.33. The molecule has 0 saturated carbocycles. The normalized spacial score (nSPS) is 26.6. The van der Waals surface area contributed by atoms with Crippen molar-refractivity contribution >= 4 is 38.1 Å². The third-order valence-electron chi connectivity index (χ3n) is 4.57. The lowest BCUT2D eigenvalue weighted by atomic mass is 10.1. The molecule has 0 radical (unpaired) electrons. The average molecular weight is 500 g/mol. The Hall–Kier alpha value is -1.22. The van der Waals surface area contributed by atoms with Gasteiger partial charge < -0.3 is 39.3 Å². The van der Waals surface area contributed by atoms with Crippen molar-refractivity contribution in [2.75, 3.05) is 32.2 Å². The highest BCUT2D eigenvalue weighted by molar-refractivity contribution is 8.06. The number of nitrogens with zero attached hydrogens (tertiary/aromatic N) is 3. The smallest absolute Gasteiger partial charge is 0.374 e. The van der Waals surface area contributed by atoms with Crippen molar-refractivity contribution in [1.82, 2.24) is 14.5 Å². The molecule has 5 N–H and O–H groups in total. The summed E-state index contributed by atoms with van der Waals surface area (Å²) in [5.41, 5.74) is 0.119. The Labute approximate surface area is 181 Å². The maximum atomic E-state index is 12.6. The van der Waals surface area contributed by atoms with Crippen LogP contribution in [-0.4, -0.2) is 85.2 Å². The van der Waals surface area contributed by atoms with E-state index in [4.69, 9.17) is 23.8 Å². The third kappa shape index (κ3) is 5.59. The summed E-state index contributed by atoms with van der Waals surface area (Å²) in [4.78, 5) is 55.5. The van der Waals surface area contributed by atoms with Crippen molar-refractivity contribution < 1.29 is 47.5 Å². The molecule has 174 valence electrons. The molecular formula is C14H22N4O10P2S. The number of nitrogens with one attached hydrogen (secondary N) is 1. The van der Waals surface area contributed by atoms with Gasteiger partial charge in [0.1, 0.15) is 24.1 Å². The van der Waals surface area contributed by atoms with Crippen molar-refractivity contribution in [1.29, 1.82) is 0 Å². The van der Waals surface area contributed by atoms with E-state index in [0.717, 1.165) is 0 Å². The lowest BCUT2D eigenvalue weighted by molar-refractivity contribution is -0.0587. The van der Waals surface area contributed by atoms with E-state index in [9.17, 15) is 19.1 Å². The highest BCUT2D eigenvalue weighted by atomic mass is 32.5. The number of amides is 1. The van der Waals surface area contributed by atoms with Gasteiger partial charge in [-0.1, -0.05) is 6.08 Å². The average Bonchev–Trinajstić information content (AvgIpc) is 3.22. The molecule has 0 unspecified atom stereocenters. The first kappa shape index (κ1) is 24.4. The lowest BCUT2D eigenvalue weighted by Gasteiger charge is -2.29. The maximum absolute atomic E-state index is 12.6.